The van der Waals surface area contributed by atoms with Crippen molar-refractivity contribution in [3.63, 3.8) is 0 Å². The van der Waals surface area contributed by atoms with Gasteiger partial charge in [0.2, 0.25) is 11.9 Å². The molecule has 0 radical (unpaired) electrons. The number of hydrogen-bond acceptors (Lipinski definition) is 7. The highest BCUT2D eigenvalue weighted by Gasteiger charge is 2.35. The zero-order chi connectivity index (χ0) is 13.9. The Labute approximate surface area is 118 Å². The van der Waals surface area contributed by atoms with Crippen LogP contribution in [-0.4, -0.2) is 34.6 Å². The van der Waals surface area contributed by atoms with Gasteiger partial charge >= 0.3 is 6.01 Å². The average molecular weight is 278 g/mol. The van der Waals surface area contributed by atoms with Crippen molar-refractivity contribution in [2.75, 3.05) is 24.0 Å². The Bertz CT molecular complexity index is 440. The number of nitrogens with zero attached hydrogens (tertiary/aromatic N) is 4. The molecule has 2 heterocycles. The molecule has 3 N–H and O–H groups in total. The van der Waals surface area contributed by atoms with Crippen molar-refractivity contribution in [3.8, 4) is 6.01 Å². The second-order valence-electron chi connectivity index (χ2n) is 5.54. The fourth-order valence-corrected chi connectivity index (χ4v) is 3.50. The molecule has 0 bridgehead atoms. The van der Waals surface area contributed by atoms with Gasteiger partial charge in [0.05, 0.1) is 7.11 Å². The van der Waals surface area contributed by atoms with Gasteiger partial charge in [-0.25, -0.2) is 5.84 Å². The maximum atomic E-state index is 5.42. The van der Waals surface area contributed by atoms with Gasteiger partial charge in [0, 0.05) is 12.6 Å². The van der Waals surface area contributed by atoms with E-state index in [2.05, 4.69) is 25.3 Å². The first-order chi connectivity index (χ1) is 9.81. The SMILES string of the molecule is COc1nc(NN)nc(N2CCCC2C2CCCC2)n1. The Balaban J connectivity index is 1.86. The van der Waals surface area contributed by atoms with Gasteiger partial charge in [-0.15, -0.1) is 0 Å². The number of aromatic nitrogens is 3. The largest absolute Gasteiger partial charge is 0.467 e. The van der Waals surface area contributed by atoms with Crippen LogP contribution < -0.4 is 20.9 Å². The number of hydrogen-bond donors (Lipinski definition) is 2. The number of nitrogens with one attached hydrogen (secondary N) is 1. The lowest BCUT2D eigenvalue weighted by Crippen LogP contribution is -2.36. The van der Waals surface area contributed by atoms with Gasteiger partial charge in [0.15, 0.2) is 0 Å². The Kier molecular flexibility index (Phi) is 3.86. The van der Waals surface area contributed by atoms with Crippen LogP contribution in [0.2, 0.25) is 0 Å². The lowest BCUT2D eigenvalue weighted by Gasteiger charge is -2.29. The number of ether oxygens (including phenoxy) is 1. The highest BCUT2D eigenvalue weighted by atomic mass is 16.5. The van der Waals surface area contributed by atoms with E-state index in [1.165, 1.54) is 38.5 Å². The molecule has 110 valence electrons. The number of hydrazine groups is 1. The minimum Gasteiger partial charge on any atom is -0.467 e. The maximum Gasteiger partial charge on any atom is 0.322 e. The third kappa shape index (κ3) is 2.49. The first-order valence-electron chi connectivity index (χ1n) is 7.35. The second-order valence-corrected chi connectivity index (χ2v) is 5.54. The van der Waals surface area contributed by atoms with Crippen LogP contribution in [0.4, 0.5) is 11.9 Å². The molecule has 20 heavy (non-hydrogen) atoms. The minimum atomic E-state index is 0.306. The summed E-state index contributed by atoms with van der Waals surface area (Å²) in [5, 5.41) is 0. The zero-order valence-electron chi connectivity index (χ0n) is 11.9. The summed E-state index contributed by atoms with van der Waals surface area (Å²) in [5.41, 5.74) is 2.48. The quantitative estimate of drug-likeness (QED) is 0.634. The monoisotopic (exact) mass is 278 g/mol. The lowest BCUT2D eigenvalue weighted by molar-refractivity contribution is 0.376. The second kappa shape index (κ2) is 5.78. The summed E-state index contributed by atoms with van der Waals surface area (Å²) in [4.78, 5) is 15.1. The van der Waals surface area contributed by atoms with Crippen LogP contribution in [0.25, 0.3) is 0 Å². The van der Waals surface area contributed by atoms with Crippen LogP contribution in [0, 0.1) is 5.92 Å². The number of anilines is 2. The van der Waals surface area contributed by atoms with E-state index in [0.717, 1.165) is 12.5 Å². The summed E-state index contributed by atoms with van der Waals surface area (Å²) < 4.78 is 5.13. The van der Waals surface area contributed by atoms with Crippen LogP contribution in [0.15, 0.2) is 0 Å². The van der Waals surface area contributed by atoms with Crippen molar-refractivity contribution in [1.82, 2.24) is 15.0 Å². The van der Waals surface area contributed by atoms with Gasteiger partial charge < -0.3 is 9.64 Å². The van der Waals surface area contributed by atoms with E-state index in [1.807, 2.05) is 0 Å². The van der Waals surface area contributed by atoms with Crippen molar-refractivity contribution in [2.24, 2.45) is 11.8 Å². The number of rotatable bonds is 4. The molecule has 1 aliphatic carbocycles. The Morgan fingerprint density at radius 1 is 1.15 bits per heavy atom. The molecular weight excluding hydrogens is 256 g/mol. The third-order valence-corrected chi connectivity index (χ3v) is 4.41. The number of nitrogens with two attached hydrogens (primary N) is 1. The maximum absolute atomic E-state index is 5.42. The van der Waals surface area contributed by atoms with Gasteiger partial charge in [-0.1, -0.05) is 12.8 Å². The molecule has 0 amide bonds. The molecule has 7 nitrogen and oxygen atoms in total. The molecule has 0 aromatic carbocycles. The number of methoxy groups -OCH3 is 1. The smallest absolute Gasteiger partial charge is 0.322 e. The molecule has 1 aromatic rings. The van der Waals surface area contributed by atoms with E-state index < -0.39 is 0 Å². The van der Waals surface area contributed by atoms with Crippen molar-refractivity contribution in [2.45, 2.75) is 44.6 Å². The summed E-state index contributed by atoms with van der Waals surface area (Å²) >= 11 is 0. The van der Waals surface area contributed by atoms with E-state index in [4.69, 9.17) is 10.6 Å². The van der Waals surface area contributed by atoms with Gasteiger partial charge in [-0.05, 0) is 31.6 Å². The van der Waals surface area contributed by atoms with Gasteiger partial charge in [-0.2, -0.15) is 15.0 Å². The third-order valence-electron chi connectivity index (χ3n) is 4.41. The van der Waals surface area contributed by atoms with Crippen molar-refractivity contribution in [3.05, 3.63) is 0 Å². The van der Waals surface area contributed by atoms with Crippen LogP contribution in [-0.2, 0) is 0 Å². The molecule has 1 saturated carbocycles. The fraction of sp³-hybridized carbons (Fsp3) is 0.769. The zero-order valence-corrected chi connectivity index (χ0v) is 11.9. The summed E-state index contributed by atoms with van der Waals surface area (Å²) in [6.45, 7) is 0.998. The van der Waals surface area contributed by atoms with Gasteiger partial charge in [-0.3, -0.25) is 5.43 Å². The molecule has 1 aromatic heterocycles. The molecular formula is C13H22N6O. The lowest BCUT2D eigenvalue weighted by atomic mass is 9.96. The fourth-order valence-electron chi connectivity index (χ4n) is 3.50. The highest BCUT2D eigenvalue weighted by Crippen LogP contribution is 2.37. The van der Waals surface area contributed by atoms with Crippen LogP contribution in [0.3, 0.4) is 0 Å². The summed E-state index contributed by atoms with van der Waals surface area (Å²) in [5.74, 6) is 7.22. The predicted molar refractivity (Wildman–Crippen MR) is 76.5 cm³/mol. The first kappa shape index (κ1) is 13.4. The van der Waals surface area contributed by atoms with Gasteiger partial charge in [0.1, 0.15) is 0 Å². The van der Waals surface area contributed by atoms with Crippen LogP contribution in [0.5, 0.6) is 6.01 Å². The van der Waals surface area contributed by atoms with Gasteiger partial charge in [0.25, 0.3) is 0 Å². The van der Waals surface area contributed by atoms with E-state index in [9.17, 15) is 0 Å². The van der Waals surface area contributed by atoms with E-state index in [-0.39, 0.29) is 0 Å². The molecule has 7 heteroatoms. The Morgan fingerprint density at radius 3 is 2.65 bits per heavy atom. The molecule has 1 saturated heterocycles. The van der Waals surface area contributed by atoms with Crippen LogP contribution in [0.1, 0.15) is 38.5 Å². The molecule has 1 unspecified atom stereocenters. The summed E-state index contributed by atoms with van der Waals surface area (Å²) in [6, 6.07) is 0.857. The van der Waals surface area contributed by atoms with Crippen molar-refractivity contribution >= 4 is 11.9 Å². The summed E-state index contributed by atoms with van der Waals surface area (Å²) in [7, 11) is 1.55. The van der Waals surface area contributed by atoms with E-state index >= 15 is 0 Å². The number of nitrogen functional groups attached to an aromatic ring is 1. The Morgan fingerprint density at radius 2 is 1.95 bits per heavy atom. The molecule has 2 fully saturated rings. The molecule has 1 aliphatic heterocycles. The van der Waals surface area contributed by atoms with Crippen molar-refractivity contribution in [1.29, 1.82) is 0 Å². The first-order valence-corrected chi connectivity index (χ1v) is 7.35. The van der Waals surface area contributed by atoms with Crippen LogP contribution >= 0.6 is 0 Å². The normalized spacial score (nSPS) is 23.3. The predicted octanol–water partition coefficient (Wildman–Crippen LogP) is 1.32. The molecule has 3 rings (SSSR count). The van der Waals surface area contributed by atoms with E-state index in [1.54, 1.807) is 7.11 Å². The molecule has 2 aliphatic rings. The Hall–Kier alpha value is -1.63. The topological polar surface area (TPSA) is 89.2 Å². The average Bonchev–Trinajstić information content (AvgIpc) is 3.16. The highest BCUT2D eigenvalue weighted by molar-refractivity contribution is 5.40. The standard InChI is InChI=1S/C13H22N6O/c1-20-13-16-11(18-14)15-12(17-13)19-8-4-7-10(19)9-5-2-3-6-9/h9-10H,2-8,14H2,1H3,(H,15,16,17,18). The molecule has 0 spiro atoms. The summed E-state index contributed by atoms with van der Waals surface area (Å²) in [6.07, 6.45) is 7.78. The van der Waals surface area contributed by atoms with E-state index in [0.29, 0.717) is 23.9 Å². The van der Waals surface area contributed by atoms with Crippen molar-refractivity contribution < 1.29 is 4.74 Å². The minimum absolute atomic E-state index is 0.306. The molecule has 1 atom stereocenters.